The average molecular weight is 290 g/mol. The Morgan fingerprint density at radius 1 is 0.955 bits per heavy atom. The molecule has 0 unspecified atom stereocenters. The third kappa shape index (κ3) is 1.90. The van der Waals surface area contributed by atoms with Gasteiger partial charge in [-0.3, -0.25) is 9.59 Å². The lowest BCUT2D eigenvalue weighted by Gasteiger charge is -2.09. The van der Waals surface area contributed by atoms with E-state index in [0.717, 1.165) is 39.1 Å². The molecule has 0 heterocycles. The zero-order valence-corrected chi connectivity index (χ0v) is 12.2. The lowest BCUT2D eigenvalue weighted by atomic mass is 9.96. The molecule has 0 amide bonds. The number of benzene rings is 3. The third-order valence-electron chi connectivity index (χ3n) is 4.27. The van der Waals surface area contributed by atoms with Crippen LogP contribution < -0.4 is 4.74 Å². The molecular weight excluding hydrogens is 276 g/mol. The van der Waals surface area contributed by atoms with Crippen LogP contribution in [0.5, 0.6) is 5.75 Å². The first-order valence-corrected chi connectivity index (χ1v) is 7.33. The van der Waals surface area contributed by atoms with Gasteiger partial charge in [-0.1, -0.05) is 30.3 Å². The molecule has 0 fully saturated rings. The lowest BCUT2D eigenvalue weighted by Crippen LogP contribution is -2.01. The van der Waals surface area contributed by atoms with Gasteiger partial charge in [-0.15, -0.1) is 0 Å². The van der Waals surface area contributed by atoms with E-state index in [1.807, 2.05) is 24.3 Å². The summed E-state index contributed by atoms with van der Waals surface area (Å²) in [6.07, 6.45) is 1.40. The fourth-order valence-electron chi connectivity index (χ4n) is 3.31. The number of fused-ring (bicyclic) bond motifs is 5. The molecule has 0 aromatic heterocycles. The number of Topliss-reactive ketones (excluding diaryl/α,β-unsaturated/α-hetero) is 1. The number of hydrogen-bond acceptors (Lipinski definition) is 3. The molecule has 0 saturated carbocycles. The Labute approximate surface area is 127 Å². The zero-order valence-electron chi connectivity index (χ0n) is 12.2. The van der Waals surface area contributed by atoms with Gasteiger partial charge in [0.1, 0.15) is 5.75 Å². The van der Waals surface area contributed by atoms with Crippen molar-refractivity contribution >= 4 is 33.3 Å². The van der Waals surface area contributed by atoms with Crippen molar-refractivity contribution < 1.29 is 14.3 Å². The topological polar surface area (TPSA) is 43.4 Å². The minimum atomic E-state index is -0.328. The van der Waals surface area contributed by atoms with E-state index in [1.165, 1.54) is 6.92 Å². The molecule has 3 aromatic carbocycles. The van der Waals surface area contributed by atoms with Crippen molar-refractivity contribution in [3.63, 3.8) is 0 Å². The molecule has 0 aliphatic heterocycles. The molecule has 0 N–H and O–H groups in total. The molecule has 108 valence electrons. The number of rotatable bonds is 1. The summed E-state index contributed by atoms with van der Waals surface area (Å²) in [6.45, 7) is 1.39. The highest BCUT2D eigenvalue weighted by Gasteiger charge is 2.21. The molecule has 1 aliphatic rings. The molecule has 0 saturated heterocycles. The Balaban J connectivity index is 2.02. The van der Waals surface area contributed by atoms with Gasteiger partial charge in [0, 0.05) is 18.9 Å². The van der Waals surface area contributed by atoms with Crippen LogP contribution in [0, 0.1) is 0 Å². The van der Waals surface area contributed by atoms with Crippen molar-refractivity contribution in [3.8, 4) is 5.75 Å². The average Bonchev–Trinajstić information content (AvgIpc) is 2.88. The van der Waals surface area contributed by atoms with Crippen LogP contribution in [0.1, 0.15) is 29.3 Å². The van der Waals surface area contributed by atoms with E-state index in [4.69, 9.17) is 4.74 Å². The first-order valence-electron chi connectivity index (χ1n) is 7.33. The summed E-state index contributed by atoms with van der Waals surface area (Å²) in [4.78, 5) is 23.0. The number of carbonyl (C=O) groups excluding carboxylic acids is 2. The Bertz CT molecular complexity index is 954. The van der Waals surface area contributed by atoms with Crippen molar-refractivity contribution in [2.45, 2.75) is 19.8 Å². The predicted molar refractivity (Wildman–Crippen MR) is 85.4 cm³/mol. The van der Waals surface area contributed by atoms with E-state index in [0.29, 0.717) is 12.2 Å². The normalized spacial score (nSPS) is 13.6. The Morgan fingerprint density at radius 3 is 2.55 bits per heavy atom. The van der Waals surface area contributed by atoms with Crippen LogP contribution in [-0.2, 0) is 11.2 Å². The first-order chi connectivity index (χ1) is 10.6. The van der Waals surface area contributed by atoms with Crippen LogP contribution in [0.2, 0.25) is 0 Å². The Hall–Kier alpha value is -2.68. The molecule has 3 nitrogen and oxygen atoms in total. The minimum absolute atomic E-state index is 0.227. The number of carbonyl (C=O) groups is 2. The Morgan fingerprint density at radius 2 is 1.73 bits per heavy atom. The van der Waals surface area contributed by atoms with Gasteiger partial charge in [-0.25, -0.2) is 0 Å². The van der Waals surface area contributed by atoms with Crippen molar-refractivity contribution in [1.29, 1.82) is 0 Å². The molecule has 4 rings (SSSR count). The Kier molecular flexibility index (Phi) is 2.76. The van der Waals surface area contributed by atoms with Crippen LogP contribution in [0.3, 0.4) is 0 Å². The molecule has 0 bridgehead atoms. The van der Waals surface area contributed by atoms with Crippen molar-refractivity contribution in [3.05, 3.63) is 53.6 Å². The van der Waals surface area contributed by atoms with Crippen LogP contribution in [0.25, 0.3) is 21.5 Å². The zero-order chi connectivity index (χ0) is 15.3. The van der Waals surface area contributed by atoms with E-state index in [2.05, 4.69) is 12.1 Å². The van der Waals surface area contributed by atoms with Crippen molar-refractivity contribution in [2.75, 3.05) is 0 Å². The number of esters is 1. The summed E-state index contributed by atoms with van der Waals surface area (Å²) in [5.41, 5.74) is 1.99. The standard InChI is InChI=1S/C19H14O3/c1-11(20)22-13-4-2-12-3-5-14-15-8-9-19(21)17(15)7-6-16(14)18(12)10-13/h2-7,10H,8-9H2,1H3. The molecule has 3 aromatic rings. The summed E-state index contributed by atoms with van der Waals surface area (Å²) < 4.78 is 5.19. The van der Waals surface area contributed by atoms with Gasteiger partial charge in [0.2, 0.25) is 0 Å². The smallest absolute Gasteiger partial charge is 0.308 e. The highest BCUT2D eigenvalue weighted by atomic mass is 16.5. The van der Waals surface area contributed by atoms with E-state index < -0.39 is 0 Å². The second kappa shape index (κ2) is 4.67. The molecule has 0 atom stereocenters. The molecule has 0 radical (unpaired) electrons. The summed E-state index contributed by atoms with van der Waals surface area (Å²) in [7, 11) is 0. The summed E-state index contributed by atoms with van der Waals surface area (Å²) in [6, 6.07) is 13.7. The van der Waals surface area contributed by atoms with E-state index in [9.17, 15) is 9.59 Å². The van der Waals surface area contributed by atoms with Crippen LogP contribution in [0.4, 0.5) is 0 Å². The van der Waals surface area contributed by atoms with E-state index >= 15 is 0 Å². The lowest BCUT2D eigenvalue weighted by molar-refractivity contribution is -0.131. The van der Waals surface area contributed by atoms with E-state index in [-0.39, 0.29) is 11.8 Å². The van der Waals surface area contributed by atoms with Gasteiger partial charge >= 0.3 is 5.97 Å². The van der Waals surface area contributed by atoms with Gasteiger partial charge in [0.05, 0.1) is 0 Å². The SMILES string of the molecule is CC(=O)Oc1ccc2ccc3c4c(ccc3c2c1)C(=O)CC4. The van der Waals surface area contributed by atoms with Gasteiger partial charge in [-0.05, 0) is 45.7 Å². The van der Waals surface area contributed by atoms with Crippen molar-refractivity contribution in [2.24, 2.45) is 0 Å². The molecule has 0 spiro atoms. The van der Waals surface area contributed by atoms with Gasteiger partial charge < -0.3 is 4.74 Å². The minimum Gasteiger partial charge on any atom is -0.427 e. The molecule has 1 aliphatic carbocycles. The third-order valence-corrected chi connectivity index (χ3v) is 4.27. The maximum atomic E-state index is 11.9. The number of hydrogen-bond donors (Lipinski definition) is 0. The predicted octanol–water partition coefficient (Wildman–Crippen LogP) is 4.05. The monoisotopic (exact) mass is 290 g/mol. The maximum absolute atomic E-state index is 11.9. The van der Waals surface area contributed by atoms with Crippen LogP contribution in [0.15, 0.2) is 42.5 Å². The number of ether oxygens (including phenoxy) is 1. The van der Waals surface area contributed by atoms with E-state index in [1.54, 1.807) is 6.07 Å². The van der Waals surface area contributed by atoms with Crippen LogP contribution in [-0.4, -0.2) is 11.8 Å². The number of aryl methyl sites for hydroxylation is 1. The molecular formula is C19H14O3. The highest BCUT2D eigenvalue weighted by molar-refractivity contribution is 6.13. The maximum Gasteiger partial charge on any atom is 0.308 e. The number of ketones is 1. The fraction of sp³-hybridized carbons (Fsp3) is 0.158. The van der Waals surface area contributed by atoms with Crippen molar-refractivity contribution in [1.82, 2.24) is 0 Å². The summed E-state index contributed by atoms with van der Waals surface area (Å²) >= 11 is 0. The largest absolute Gasteiger partial charge is 0.427 e. The van der Waals surface area contributed by atoms with Gasteiger partial charge in [-0.2, -0.15) is 0 Å². The quantitative estimate of drug-likeness (QED) is 0.386. The van der Waals surface area contributed by atoms with Crippen LogP contribution >= 0.6 is 0 Å². The summed E-state index contributed by atoms with van der Waals surface area (Å²) in [5.74, 6) is 0.445. The van der Waals surface area contributed by atoms with Gasteiger partial charge in [0.15, 0.2) is 5.78 Å². The molecule has 22 heavy (non-hydrogen) atoms. The second-order valence-corrected chi connectivity index (χ2v) is 5.65. The summed E-state index contributed by atoms with van der Waals surface area (Å²) in [5, 5.41) is 4.35. The van der Waals surface area contributed by atoms with Gasteiger partial charge in [0.25, 0.3) is 0 Å². The highest BCUT2D eigenvalue weighted by Crippen LogP contribution is 2.35. The molecule has 3 heteroatoms. The second-order valence-electron chi connectivity index (χ2n) is 5.65. The fourth-order valence-corrected chi connectivity index (χ4v) is 3.31. The first kappa shape index (κ1) is 13.0.